The third-order valence-corrected chi connectivity index (χ3v) is 5.57. The Kier molecular flexibility index (Phi) is 4.92. The molecule has 0 spiro atoms. The molecule has 0 bridgehead atoms. The lowest BCUT2D eigenvalue weighted by Gasteiger charge is -2.36. The molecule has 2 aliphatic rings. The summed E-state index contributed by atoms with van der Waals surface area (Å²) in [4.78, 5) is 41.0. The van der Waals surface area contributed by atoms with Gasteiger partial charge in [0.15, 0.2) is 0 Å². The molecule has 1 aromatic heterocycles. The van der Waals surface area contributed by atoms with E-state index in [-0.39, 0.29) is 11.8 Å². The minimum absolute atomic E-state index is 0.278. The fourth-order valence-corrected chi connectivity index (χ4v) is 4.07. The van der Waals surface area contributed by atoms with E-state index < -0.39 is 0 Å². The van der Waals surface area contributed by atoms with E-state index in [0.29, 0.717) is 49.1 Å². The van der Waals surface area contributed by atoms with Crippen molar-refractivity contribution in [2.75, 3.05) is 36.0 Å². The zero-order valence-electron chi connectivity index (χ0n) is 16.9. The Balaban J connectivity index is 1.49. The monoisotopic (exact) mass is 411 g/mol. The van der Waals surface area contributed by atoms with Crippen LogP contribution in [0.1, 0.15) is 5.56 Å². The van der Waals surface area contributed by atoms with Crippen LogP contribution in [0, 0.1) is 0 Å². The molecule has 0 aliphatic carbocycles. The Morgan fingerprint density at radius 3 is 1.87 bits per heavy atom. The van der Waals surface area contributed by atoms with E-state index in [2.05, 4.69) is 14.9 Å². The summed E-state index contributed by atoms with van der Waals surface area (Å²) in [5, 5.41) is 0. The van der Waals surface area contributed by atoms with Crippen molar-refractivity contribution in [1.29, 1.82) is 0 Å². The van der Waals surface area contributed by atoms with Gasteiger partial charge in [-0.25, -0.2) is 14.9 Å². The zero-order valence-corrected chi connectivity index (χ0v) is 16.9. The second-order valence-electron chi connectivity index (χ2n) is 7.39. The van der Waals surface area contributed by atoms with E-state index in [9.17, 15) is 9.59 Å². The molecule has 0 N–H and O–H groups in total. The first-order valence-electron chi connectivity index (χ1n) is 10.2. The molecule has 7 heteroatoms. The number of aromatic nitrogens is 2. The number of rotatable bonds is 4. The van der Waals surface area contributed by atoms with Crippen LogP contribution in [0.2, 0.25) is 0 Å². The largest absolute Gasteiger partial charge is 0.363 e. The summed E-state index contributed by atoms with van der Waals surface area (Å²) in [5.74, 6) is 0.116. The van der Waals surface area contributed by atoms with Gasteiger partial charge < -0.3 is 9.80 Å². The molecular weight excluding hydrogens is 390 g/mol. The van der Waals surface area contributed by atoms with E-state index in [4.69, 9.17) is 0 Å². The Hall–Kier alpha value is -4.00. The lowest BCUT2D eigenvalue weighted by molar-refractivity contribution is -0.120. The molecule has 2 aromatic carbocycles. The molecule has 3 aromatic rings. The summed E-state index contributed by atoms with van der Waals surface area (Å²) in [6.07, 6.45) is 3.45. The Morgan fingerprint density at radius 2 is 1.23 bits per heavy atom. The van der Waals surface area contributed by atoms with Crippen molar-refractivity contribution in [3.8, 4) is 0 Å². The van der Waals surface area contributed by atoms with Crippen molar-refractivity contribution < 1.29 is 9.59 Å². The predicted octanol–water partition coefficient (Wildman–Crippen LogP) is 2.58. The standard InChI is InChI=1S/C24H21N5O2/c30-22-20(18-8-3-1-4-9-18)21(23(31)29(22)19-10-5-2-6-11-19)27-14-16-28(17-15-27)24-25-12-7-13-26-24/h1-13H,14-17H2. The summed E-state index contributed by atoms with van der Waals surface area (Å²) in [7, 11) is 0. The smallest absolute Gasteiger partial charge is 0.282 e. The first kappa shape index (κ1) is 19.0. The first-order valence-corrected chi connectivity index (χ1v) is 10.2. The number of carbonyl (C=O) groups excluding carboxylic acids is 2. The SMILES string of the molecule is O=C1C(c2ccccc2)=C(N2CCN(c3ncccn3)CC2)C(=O)N1c1ccccc1. The zero-order chi connectivity index (χ0) is 21.2. The Labute approximate surface area is 180 Å². The molecule has 0 saturated carbocycles. The minimum Gasteiger partial charge on any atom is -0.363 e. The Bertz CT molecular complexity index is 1120. The number of carbonyl (C=O) groups is 2. The van der Waals surface area contributed by atoms with Gasteiger partial charge in [-0.3, -0.25) is 9.59 Å². The highest BCUT2D eigenvalue weighted by Crippen LogP contribution is 2.35. The third kappa shape index (κ3) is 3.44. The lowest BCUT2D eigenvalue weighted by Crippen LogP contribution is -2.48. The molecular formula is C24H21N5O2. The molecule has 2 aliphatic heterocycles. The van der Waals surface area contributed by atoms with Crippen LogP contribution in [0.3, 0.4) is 0 Å². The third-order valence-electron chi connectivity index (χ3n) is 5.57. The van der Waals surface area contributed by atoms with Crippen molar-refractivity contribution in [2.24, 2.45) is 0 Å². The van der Waals surface area contributed by atoms with Gasteiger partial charge in [0.1, 0.15) is 5.70 Å². The number of anilines is 2. The second kappa shape index (κ2) is 8.02. The van der Waals surface area contributed by atoms with E-state index >= 15 is 0 Å². The van der Waals surface area contributed by atoms with Crippen LogP contribution in [-0.4, -0.2) is 52.9 Å². The first-order chi connectivity index (χ1) is 15.2. The average molecular weight is 411 g/mol. The molecule has 1 saturated heterocycles. The van der Waals surface area contributed by atoms with Gasteiger partial charge in [-0.05, 0) is 23.8 Å². The van der Waals surface area contributed by atoms with E-state index in [0.717, 1.165) is 5.56 Å². The average Bonchev–Trinajstić information content (AvgIpc) is 3.10. The van der Waals surface area contributed by atoms with Crippen LogP contribution in [0.4, 0.5) is 11.6 Å². The molecule has 5 rings (SSSR count). The summed E-state index contributed by atoms with van der Waals surface area (Å²) < 4.78 is 0. The van der Waals surface area contributed by atoms with Gasteiger partial charge in [-0.15, -0.1) is 0 Å². The molecule has 154 valence electrons. The maximum absolute atomic E-state index is 13.5. The summed E-state index contributed by atoms with van der Waals surface area (Å²) >= 11 is 0. The van der Waals surface area contributed by atoms with Gasteiger partial charge in [0.05, 0.1) is 11.3 Å². The number of hydrogen-bond donors (Lipinski definition) is 0. The van der Waals surface area contributed by atoms with Crippen LogP contribution in [0.25, 0.3) is 5.57 Å². The van der Waals surface area contributed by atoms with Gasteiger partial charge in [-0.2, -0.15) is 0 Å². The van der Waals surface area contributed by atoms with Crippen molar-refractivity contribution >= 4 is 29.0 Å². The van der Waals surface area contributed by atoms with Gasteiger partial charge in [0, 0.05) is 38.6 Å². The lowest BCUT2D eigenvalue weighted by atomic mass is 10.0. The fourth-order valence-electron chi connectivity index (χ4n) is 4.07. The van der Waals surface area contributed by atoms with Crippen LogP contribution in [0.5, 0.6) is 0 Å². The number of hydrogen-bond acceptors (Lipinski definition) is 6. The van der Waals surface area contributed by atoms with E-state index in [1.165, 1.54) is 4.90 Å². The van der Waals surface area contributed by atoms with Crippen LogP contribution < -0.4 is 9.80 Å². The summed E-state index contributed by atoms with van der Waals surface area (Å²) in [5.41, 5.74) is 2.26. The van der Waals surface area contributed by atoms with E-state index in [1.807, 2.05) is 53.4 Å². The highest BCUT2D eigenvalue weighted by atomic mass is 16.2. The molecule has 3 heterocycles. The van der Waals surface area contributed by atoms with Gasteiger partial charge in [-0.1, -0.05) is 48.5 Å². The van der Waals surface area contributed by atoms with Crippen molar-refractivity contribution in [3.63, 3.8) is 0 Å². The fraction of sp³-hybridized carbons (Fsp3) is 0.167. The topological polar surface area (TPSA) is 69.6 Å². The van der Waals surface area contributed by atoms with Gasteiger partial charge >= 0.3 is 0 Å². The molecule has 7 nitrogen and oxygen atoms in total. The second-order valence-corrected chi connectivity index (χ2v) is 7.39. The summed E-state index contributed by atoms with van der Waals surface area (Å²) in [6, 6.07) is 20.3. The van der Waals surface area contributed by atoms with Crippen molar-refractivity contribution in [3.05, 3.63) is 90.4 Å². The van der Waals surface area contributed by atoms with Gasteiger partial charge in [0.25, 0.3) is 11.8 Å². The van der Waals surface area contributed by atoms with E-state index in [1.54, 1.807) is 30.6 Å². The predicted molar refractivity (Wildman–Crippen MR) is 118 cm³/mol. The number of para-hydroxylation sites is 1. The quantitative estimate of drug-likeness (QED) is 0.615. The number of piperazine rings is 1. The number of benzene rings is 2. The normalized spacial score (nSPS) is 17.0. The maximum atomic E-state index is 13.5. The minimum atomic E-state index is -0.286. The summed E-state index contributed by atoms with van der Waals surface area (Å²) in [6.45, 7) is 2.54. The Morgan fingerprint density at radius 1 is 0.645 bits per heavy atom. The van der Waals surface area contributed by atoms with Gasteiger partial charge in [0.2, 0.25) is 5.95 Å². The maximum Gasteiger partial charge on any atom is 0.282 e. The van der Waals surface area contributed by atoms with Crippen molar-refractivity contribution in [1.82, 2.24) is 14.9 Å². The van der Waals surface area contributed by atoms with Crippen molar-refractivity contribution in [2.45, 2.75) is 0 Å². The molecule has 2 amide bonds. The molecule has 1 fully saturated rings. The van der Waals surface area contributed by atoms with Crippen LogP contribution >= 0.6 is 0 Å². The highest BCUT2D eigenvalue weighted by Gasteiger charge is 2.43. The molecule has 0 unspecified atom stereocenters. The number of imide groups is 1. The molecule has 0 radical (unpaired) electrons. The number of amides is 2. The number of nitrogens with zero attached hydrogens (tertiary/aromatic N) is 5. The highest BCUT2D eigenvalue weighted by molar-refractivity contribution is 6.45. The molecule has 0 atom stereocenters. The molecule has 31 heavy (non-hydrogen) atoms. The van der Waals surface area contributed by atoms with Crippen LogP contribution in [-0.2, 0) is 9.59 Å². The van der Waals surface area contributed by atoms with Crippen LogP contribution in [0.15, 0.2) is 84.8 Å².